The molecular weight excluding hydrogens is 283 g/mol. The van der Waals surface area contributed by atoms with E-state index in [1.807, 2.05) is 19.9 Å². The minimum absolute atomic E-state index is 0.107. The number of hydrogen-bond acceptors (Lipinski definition) is 6. The molecule has 0 radical (unpaired) electrons. The number of rotatable bonds is 6. The van der Waals surface area contributed by atoms with E-state index in [2.05, 4.69) is 5.16 Å². The summed E-state index contributed by atoms with van der Waals surface area (Å²) >= 11 is 5.49. The lowest BCUT2D eigenvalue weighted by atomic mass is 10.1. The summed E-state index contributed by atoms with van der Waals surface area (Å²) in [7, 11) is 0. The lowest BCUT2D eigenvalue weighted by Gasteiger charge is -2.23. The highest BCUT2D eigenvalue weighted by molar-refractivity contribution is 8.13. The number of nitrogens with zero attached hydrogens (tertiary/aromatic N) is 2. The van der Waals surface area contributed by atoms with Gasteiger partial charge in [0.1, 0.15) is 6.07 Å². The van der Waals surface area contributed by atoms with Crippen LogP contribution in [0.5, 0.6) is 0 Å². The van der Waals surface area contributed by atoms with Crippen molar-refractivity contribution in [1.82, 2.24) is 0 Å². The third-order valence-electron chi connectivity index (χ3n) is 2.26. The number of oxime groups is 1. The molecule has 0 amide bonds. The summed E-state index contributed by atoms with van der Waals surface area (Å²) in [4.78, 5) is 0. The Morgan fingerprint density at radius 1 is 1.37 bits per heavy atom. The van der Waals surface area contributed by atoms with Gasteiger partial charge in [-0.1, -0.05) is 23.4 Å². The van der Waals surface area contributed by atoms with Gasteiger partial charge in [-0.2, -0.15) is 5.26 Å². The van der Waals surface area contributed by atoms with Crippen LogP contribution >= 0.6 is 6.49 Å². The molecule has 0 aliphatic heterocycles. The van der Waals surface area contributed by atoms with Crippen molar-refractivity contribution in [3.05, 3.63) is 29.8 Å². The van der Waals surface area contributed by atoms with Crippen LogP contribution in [0.25, 0.3) is 0 Å². The summed E-state index contributed by atoms with van der Waals surface area (Å²) in [6, 6.07) is 8.74. The fourth-order valence-electron chi connectivity index (χ4n) is 1.57. The van der Waals surface area contributed by atoms with E-state index >= 15 is 0 Å². The molecule has 0 spiro atoms. The monoisotopic (exact) mass is 298 g/mol. The van der Waals surface area contributed by atoms with E-state index in [1.54, 1.807) is 24.3 Å². The summed E-state index contributed by atoms with van der Waals surface area (Å²) in [6.45, 7) is 1.77. The Morgan fingerprint density at radius 3 is 2.42 bits per heavy atom. The Morgan fingerprint density at radius 2 is 1.95 bits per heavy atom. The lowest BCUT2D eigenvalue weighted by Crippen LogP contribution is -2.18. The molecule has 0 saturated carbocycles. The predicted octanol–water partition coefficient (Wildman–Crippen LogP) is 2.40. The van der Waals surface area contributed by atoms with Crippen LogP contribution in [0.15, 0.2) is 29.4 Å². The van der Waals surface area contributed by atoms with E-state index < -0.39 is 6.49 Å². The van der Waals surface area contributed by atoms with Gasteiger partial charge >= 0.3 is 0 Å². The molecule has 0 atom stereocenters. The van der Waals surface area contributed by atoms with Gasteiger partial charge in [-0.05, 0) is 31.7 Å². The van der Waals surface area contributed by atoms with Gasteiger partial charge in [0.05, 0.1) is 13.2 Å². The summed E-state index contributed by atoms with van der Waals surface area (Å²) in [5.74, 6) is 0. The normalized spacial score (nSPS) is 12.2. The molecule has 0 bridgehead atoms. The van der Waals surface area contributed by atoms with Crippen molar-refractivity contribution in [2.24, 2.45) is 5.16 Å². The average Bonchev–Trinajstić information content (AvgIpc) is 2.41. The van der Waals surface area contributed by atoms with Crippen LogP contribution in [0.1, 0.15) is 19.4 Å². The van der Waals surface area contributed by atoms with Crippen LogP contribution in [-0.2, 0) is 20.9 Å². The van der Waals surface area contributed by atoms with Crippen LogP contribution < -0.4 is 5.30 Å². The molecule has 5 nitrogen and oxygen atoms in total. The minimum Gasteiger partial charge on any atom is -0.410 e. The first-order valence-electron chi connectivity index (χ1n) is 5.74. The van der Waals surface area contributed by atoms with Gasteiger partial charge in [-0.25, -0.2) is 0 Å². The SMILES string of the molecule is CCOP(=S)(OCC)c1ccccc1/C(C#N)=N\O. The van der Waals surface area contributed by atoms with Crippen LogP contribution in [0.3, 0.4) is 0 Å². The highest BCUT2D eigenvalue weighted by atomic mass is 32.5. The third kappa shape index (κ3) is 3.62. The Hall–Kier alpha value is -1.25. The first-order valence-corrected chi connectivity index (χ1v) is 8.38. The van der Waals surface area contributed by atoms with Crippen LogP contribution in [0.2, 0.25) is 0 Å². The molecule has 1 aromatic carbocycles. The number of benzene rings is 1. The van der Waals surface area contributed by atoms with Gasteiger partial charge in [0.25, 0.3) is 0 Å². The largest absolute Gasteiger partial charge is 0.410 e. The Bertz CT molecular complexity index is 544. The Balaban J connectivity index is 3.41. The molecule has 0 saturated heterocycles. The number of hydrogen-bond donors (Lipinski definition) is 1. The first-order chi connectivity index (χ1) is 9.12. The van der Waals surface area contributed by atoms with E-state index in [0.717, 1.165) is 0 Å². The van der Waals surface area contributed by atoms with Gasteiger partial charge in [0.2, 0.25) is 6.49 Å². The summed E-state index contributed by atoms with van der Waals surface area (Å²) in [5.41, 5.74) is 0.335. The molecule has 0 aliphatic rings. The molecule has 1 aromatic rings. The zero-order valence-corrected chi connectivity index (χ0v) is 12.4. The zero-order valence-electron chi connectivity index (χ0n) is 10.7. The molecule has 19 heavy (non-hydrogen) atoms. The molecule has 0 aliphatic carbocycles. The zero-order chi connectivity index (χ0) is 14.3. The van der Waals surface area contributed by atoms with Crippen LogP contribution in [0.4, 0.5) is 0 Å². The Kier molecular flexibility index (Phi) is 6.13. The molecule has 1 N–H and O–H groups in total. The van der Waals surface area contributed by atoms with Crippen LogP contribution in [-0.4, -0.2) is 24.1 Å². The molecule has 0 fully saturated rings. The van der Waals surface area contributed by atoms with Crippen LogP contribution in [0, 0.1) is 11.3 Å². The van der Waals surface area contributed by atoms with Crippen molar-refractivity contribution in [2.45, 2.75) is 13.8 Å². The average molecular weight is 298 g/mol. The molecule has 0 aromatic heterocycles. The summed E-state index contributed by atoms with van der Waals surface area (Å²) in [6.07, 6.45) is 0. The van der Waals surface area contributed by atoms with E-state index in [1.165, 1.54) is 0 Å². The fourth-order valence-corrected chi connectivity index (χ4v) is 4.45. The molecular formula is C12H15N2O3PS. The second-order valence-corrected chi connectivity index (χ2v) is 6.85. The van der Waals surface area contributed by atoms with E-state index in [9.17, 15) is 0 Å². The maximum Gasteiger partial charge on any atom is 0.220 e. The molecule has 0 unspecified atom stereocenters. The minimum atomic E-state index is -2.70. The molecule has 7 heteroatoms. The maximum absolute atomic E-state index is 8.99. The van der Waals surface area contributed by atoms with Crippen molar-refractivity contribution < 1.29 is 14.3 Å². The maximum atomic E-state index is 8.99. The summed E-state index contributed by atoms with van der Waals surface area (Å²) < 4.78 is 11.2. The molecule has 0 heterocycles. The first kappa shape index (κ1) is 15.8. The van der Waals surface area contributed by atoms with Crippen molar-refractivity contribution >= 4 is 29.3 Å². The second-order valence-electron chi connectivity index (χ2n) is 3.41. The van der Waals surface area contributed by atoms with Gasteiger partial charge in [0, 0.05) is 10.9 Å². The van der Waals surface area contributed by atoms with Gasteiger partial charge < -0.3 is 14.3 Å². The third-order valence-corrected chi connectivity index (χ3v) is 5.66. The smallest absolute Gasteiger partial charge is 0.220 e. The number of nitriles is 1. The van der Waals surface area contributed by atoms with Gasteiger partial charge in [0.15, 0.2) is 5.71 Å². The summed E-state index contributed by atoms with van der Waals surface area (Å²) in [5, 5.41) is 21.5. The standard InChI is InChI=1S/C12H15N2O3PS/c1-3-16-18(19,17-4-2)12-8-6-5-7-10(12)11(9-13)14-15/h5-8,15H,3-4H2,1-2H3/b14-11-. The molecule has 102 valence electrons. The fraction of sp³-hybridized carbons (Fsp3) is 0.333. The molecule has 1 rings (SSSR count). The quantitative estimate of drug-likeness (QED) is 0.378. The lowest BCUT2D eigenvalue weighted by molar-refractivity contribution is 0.275. The van der Waals surface area contributed by atoms with Crippen molar-refractivity contribution in [1.29, 1.82) is 5.26 Å². The van der Waals surface area contributed by atoms with Gasteiger partial charge in [-0.3, -0.25) is 0 Å². The van der Waals surface area contributed by atoms with E-state index in [-0.39, 0.29) is 5.71 Å². The Labute approximate surface area is 117 Å². The van der Waals surface area contributed by atoms with Crippen molar-refractivity contribution in [3.63, 3.8) is 0 Å². The van der Waals surface area contributed by atoms with E-state index in [0.29, 0.717) is 24.1 Å². The van der Waals surface area contributed by atoms with Gasteiger partial charge in [-0.15, -0.1) is 0 Å². The second kappa shape index (κ2) is 7.37. The predicted molar refractivity (Wildman–Crippen MR) is 77.5 cm³/mol. The van der Waals surface area contributed by atoms with E-state index in [4.69, 9.17) is 31.3 Å². The topological polar surface area (TPSA) is 74.8 Å². The van der Waals surface area contributed by atoms with Crippen molar-refractivity contribution in [2.75, 3.05) is 13.2 Å². The highest BCUT2D eigenvalue weighted by Gasteiger charge is 2.26. The van der Waals surface area contributed by atoms with Crippen molar-refractivity contribution in [3.8, 4) is 6.07 Å². The highest BCUT2D eigenvalue weighted by Crippen LogP contribution is 2.48.